The molecule has 1 N–H and O–H groups in total. The maximum absolute atomic E-state index is 13.5. The van der Waals surface area contributed by atoms with Crippen molar-refractivity contribution in [3.05, 3.63) is 53.1 Å². The second kappa shape index (κ2) is 8.99. The van der Waals surface area contributed by atoms with Gasteiger partial charge in [-0.3, -0.25) is 19.3 Å². The van der Waals surface area contributed by atoms with E-state index in [0.717, 1.165) is 0 Å². The maximum atomic E-state index is 13.5. The average Bonchev–Trinajstić information content (AvgIpc) is 2.99. The number of nitrogens with one attached hydrogen (secondary N) is 1. The molecule has 9 nitrogen and oxygen atoms in total. The van der Waals surface area contributed by atoms with Crippen molar-refractivity contribution in [2.24, 2.45) is 0 Å². The number of hydrogen-bond acceptors (Lipinski definition) is 7. The van der Waals surface area contributed by atoms with Crippen molar-refractivity contribution in [2.45, 2.75) is 19.9 Å². The van der Waals surface area contributed by atoms with E-state index in [2.05, 4.69) is 5.32 Å². The number of ether oxygens (including phenoxy) is 2. The van der Waals surface area contributed by atoms with Crippen LogP contribution in [0.3, 0.4) is 0 Å². The summed E-state index contributed by atoms with van der Waals surface area (Å²) >= 11 is 0. The normalized spacial score (nSPS) is 15.6. The number of rotatable bonds is 8. The lowest BCUT2D eigenvalue weighted by molar-refractivity contribution is -0.114. The molecule has 32 heavy (non-hydrogen) atoms. The number of fused-ring (bicyclic) bond motifs is 1. The van der Waals surface area contributed by atoms with Crippen LogP contribution < -0.4 is 14.8 Å². The third-order valence-electron chi connectivity index (χ3n) is 4.64. The highest BCUT2D eigenvalue weighted by molar-refractivity contribution is 7.90. The van der Waals surface area contributed by atoms with Gasteiger partial charge in [-0.2, -0.15) is 0 Å². The zero-order chi connectivity index (χ0) is 25.4. The van der Waals surface area contributed by atoms with Gasteiger partial charge < -0.3 is 14.8 Å². The monoisotopic (exact) mass is 462 g/mol. The number of nitrogens with zero attached hydrogens (tertiary/aromatic N) is 1. The van der Waals surface area contributed by atoms with Gasteiger partial charge in [0.05, 0.1) is 42.3 Å². The number of imide groups is 1. The van der Waals surface area contributed by atoms with Crippen LogP contribution in [0.25, 0.3) is 0 Å². The van der Waals surface area contributed by atoms with Gasteiger partial charge in [0.25, 0.3) is 11.8 Å². The summed E-state index contributed by atoms with van der Waals surface area (Å²) in [5.41, 5.74) is -3.21. The van der Waals surface area contributed by atoms with E-state index in [9.17, 15) is 22.8 Å². The first-order chi connectivity index (χ1) is 15.8. The van der Waals surface area contributed by atoms with Crippen molar-refractivity contribution >= 4 is 33.2 Å². The second-order valence-corrected chi connectivity index (χ2v) is 8.81. The fourth-order valence-corrected chi connectivity index (χ4v) is 4.08. The molecule has 0 bridgehead atoms. The molecule has 0 aliphatic carbocycles. The molecule has 0 saturated heterocycles. The van der Waals surface area contributed by atoms with E-state index < -0.39 is 39.3 Å². The first kappa shape index (κ1) is 20.5. The number of amides is 3. The lowest BCUT2D eigenvalue weighted by Gasteiger charge is -2.27. The predicted octanol–water partition coefficient (Wildman–Crippen LogP) is 2.43. The Morgan fingerprint density at radius 2 is 1.91 bits per heavy atom. The van der Waals surface area contributed by atoms with Crippen molar-refractivity contribution in [3.8, 4) is 11.5 Å². The van der Waals surface area contributed by atoms with Crippen LogP contribution >= 0.6 is 0 Å². The quantitative estimate of drug-likeness (QED) is 0.599. The molecule has 1 aliphatic heterocycles. The van der Waals surface area contributed by atoms with E-state index in [1.807, 2.05) is 0 Å². The van der Waals surface area contributed by atoms with Crippen LogP contribution in [0, 0.1) is 0 Å². The topological polar surface area (TPSA) is 119 Å². The first-order valence-electron chi connectivity index (χ1n) is 10.6. The van der Waals surface area contributed by atoms with Crippen molar-refractivity contribution in [1.82, 2.24) is 4.90 Å². The van der Waals surface area contributed by atoms with Gasteiger partial charge in [0, 0.05) is 15.9 Å². The number of anilines is 1. The van der Waals surface area contributed by atoms with E-state index in [4.69, 9.17) is 12.2 Å². The molecule has 10 heteroatoms. The molecule has 2 aromatic carbocycles. The van der Waals surface area contributed by atoms with Crippen LogP contribution in [0.2, 0.25) is 0 Å². The van der Waals surface area contributed by atoms with Gasteiger partial charge >= 0.3 is 0 Å². The number of carbonyl (C=O) groups is 3. The van der Waals surface area contributed by atoms with Crippen molar-refractivity contribution < 1.29 is 35.0 Å². The Hall–Kier alpha value is -3.40. The lowest BCUT2D eigenvalue weighted by Crippen LogP contribution is -2.37. The highest BCUT2D eigenvalue weighted by atomic mass is 32.2. The number of sulfone groups is 1. The van der Waals surface area contributed by atoms with Gasteiger partial charge in [0.2, 0.25) is 5.91 Å². The summed E-state index contributed by atoms with van der Waals surface area (Å²) in [6.07, 6.45) is 0.688. The number of carbonyl (C=O) groups excluding carboxylic acids is 3. The number of benzene rings is 2. The standard InChI is InChI=1S/C22H24N2O7S/c1-5-31-19-11-14(9-10-18(19)30-3)17(12-32(4,28)29)24-21(26)15-7-6-8-16(23-13(2)25)20(15)22(24)27/h6-11,17H,5,12H2,1-4H3,(H,23,25)/t17-/m0/s1/i12D2. The Morgan fingerprint density at radius 1 is 1.19 bits per heavy atom. The number of hydrogen-bond donors (Lipinski definition) is 1. The molecular weight excluding hydrogens is 436 g/mol. The summed E-state index contributed by atoms with van der Waals surface area (Å²) < 4.78 is 52.7. The molecule has 3 amide bonds. The third-order valence-corrected chi connectivity index (χ3v) is 5.30. The van der Waals surface area contributed by atoms with Crippen molar-refractivity contribution in [1.29, 1.82) is 0 Å². The Kier molecular flexibility index (Phi) is 5.76. The summed E-state index contributed by atoms with van der Waals surface area (Å²) in [5.74, 6) is -1.81. The van der Waals surface area contributed by atoms with Crippen LogP contribution in [0.4, 0.5) is 5.69 Å². The average molecular weight is 463 g/mol. The highest BCUT2D eigenvalue weighted by Gasteiger charge is 2.43. The Morgan fingerprint density at radius 3 is 2.50 bits per heavy atom. The fraction of sp³-hybridized carbons (Fsp3) is 0.318. The van der Waals surface area contributed by atoms with Gasteiger partial charge in [0.1, 0.15) is 9.84 Å². The van der Waals surface area contributed by atoms with Crippen LogP contribution in [0.1, 0.15) is 48.9 Å². The van der Waals surface area contributed by atoms with E-state index >= 15 is 0 Å². The lowest BCUT2D eigenvalue weighted by atomic mass is 10.1. The smallest absolute Gasteiger partial charge is 0.264 e. The van der Waals surface area contributed by atoms with E-state index in [1.165, 1.54) is 50.4 Å². The van der Waals surface area contributed by atoms with Gasteiger partial charge in [-0.15, -0.1) is 0 Å². The first-order valence-corrected chi connectivity index (χ1v) is 11.5. The number of methoxy groups -OCH3 is 1. The minimum Gasteiger partial charge on any atom is -0.493 e. The fourth-order valence-electron chi connectivity index (χ4n) is 3.44. The summed E-state index contributed by atoms with van der Waals surface area (Å²) in [4.78, 5) is 39.0. The molecule has 0 spiro atoms. The van der Waals surface area contributed by atoms with Crippen LogP contribution in [-0.4, -0.2) is 56.7 Å². The molecule has 0 radical (unpaired) electrons. The maximum Gasteiger partial charge on any atom is 0.264 e. The third kappa shape index (κ3) is 4.59. The molecule has 0 unspecified atom stereocenters. The van der Waals surface area contributed by atoms with Crippen molar-refractivity contribution in [2.75, 3.05) is 31.0 Å². The van der Waals surface area contributed by atoms with Crippen molar-refractivity contribution in [3.63, 3.8) is 0 Å². The second-order valence-electron chi connectivity index (χ2n) is 7.03. The van der Waals surface area contributed by atoms with E-state index in [1.54, 1.807) is 6.92 Å². The minimum atomic E-state index is -4.45. The van der Waals surface area contributed by atoms with E-state index in [-0.39, 0.29) is 34.7 Å². The molecule has 1 atom stereocenters. The summed E-state index contributed by atoms with van der Waals surface area (Å²) in [7, 11) is -3.04. The molecule has 170 valence electrons. The predicted molar refractivity (Wildman–Crippen MR) is 118 cm³/mol. The Bertz CT molecular complexity index is 1280. The Labute approximate surface area is 189 Å². The molecule has 3 rings (SSSR count). The summed E-state index contributed by atoms with van der Waals surface area (Å²) in [6, 6.07) is 6.53. The van der Waals surface area contributed by atoms with Gasteiger partial charge in [-0.05, 0) is 36.8 Å². The minimum absolute atomic E-state index is 0.00950. The molecule has 0 aromatic heterocycles. The molecule has 2 aromatic rings. The zero-order valence-electron chi connectivity index (χ0n) is 20.0. The van der Waals surface area contributed by atoms with Crippen LogP contribution in [0.5, 0.6) is 11.5 Å². The SMILES string of the molecule is [2H]C([2H])([C@@H](c1ccc(OC)c(OCC)c1)N1C(=O)c2cccc(NC(C)=O)c2C1=O)S(C)(=O)=O. The van der Waals surface area contributed by atoms with Gasteiger partial charge in [-0.1, -0.05) is 12.1 Å². The Balaban J connectivity index is 2.25. The molecule has 1 heterocycles. The van der Waals surface area contributed by atoms with E-state index in [0.29, 0.717) is 16.9 Å². The largest absolute Gasteiger partial charge is 0.493 e. The highest BCUT2D eigenvalue weighted by Crippen LogP contribution is 2.38. The molecular formula is C22H24N2O7S. The zero-order valence-corrected chi connectivity index (χ0v) is 18.8. The molecule has 0 saturated carbocycles. The van der Waals surface area contributed by atoms with Crippen LogP contribution in [0.15, 0.2) is 36.4 Å². The summed E-state index contributed by atoms with van der Waals surface area (Å²) in [5, 5.41) is 2.48. The van der Waals surface area contributed by atoms with Gasteiger partial charge in [0.15, 0.2) is 11.5 Å². The molecule has 1 aliphatic rings. The molecule has 0 fully saturated rings. The summed E-state index contributed by atoms with van der Waals surface area (Å²) in [6.45, 7) is 3.18. The van der Waals surface area contributed by atoms with Gasteiger partial charge in [-0.25, -0.2) is 8.42 Å². The van der Waals surface area contributed by atoms with Crippen LogP contribution in [-0.2, 0) is 14.6 Å².